The lowest BCUT2D eigenvalue weighted by Gasteiger charge is -2.27. The van der Waals surface area contributed by atoms with Crippen LogP contribution in [0.15, 0.2) is 229 Å². The molecule has 61 heavy (non-hydrogen) atoms. The molecule has 2 aromatic heterocycles. The predicted molar refractivity (Wildman–Crippen MR) is 261 cm³/mol. The van der Waals surface area contributed by atoms with Gasteiger partial charge < -0.3 is 9.32 Å². The van der Waals surface area contributed by atoms with E-state index in [4.69, 9.17) is 4.42 Å². The Hall–Kier alpha value is -7.72. The van der Waals surface area contributed by atoms with Crippen molar-refractivity contribution in [3.05, 3.63) is 224 Å². The van der Waals surface area contributed by atoms with Gasteiger partial charge in [0.1, 0.15) is 11.2 Å². The Morgan fingerprint density at radius 2 is 0.852 bits per heavy atom. The number of fused-ring (bicyclic) bond motifs is 7. The van der Waals surface area contributed by atoms with Gasteiger partial charge in [-0.05, 0) is 122 Å². The standard InChI is InChI=1S/C58H37NOS/c1-2-12-42-35-43(30-29-38(42)11-1)41-27-25-39(26-28-41)40-31-33-46(34-32-40)59(47-15-7-13-44(36-47)49-19-9-22-54-57(49)51-17-3-5-21-53(51)60-54)48-16-8-14-45(37-48)50-20-10-24-56-58(50)52-18-4-6-23-55(52)61-56/h1-37H. The number of nitrogens with zero attached hydrogens (tertiary/aromatic N) is 1. The number of benzene rings is 10. The largest absolute Gasteiger partial charge is 0.456 e. The number of furan rings is 1. The highest BCUT2D eigenvalue weighted by Gasteiger charge is 2.18. The third kappa shape index (κ3) is 6.18. The summed E-state index contributed by atoms with van der Waals surface area (Å²) in [7, 11) is 0. The molecule has 12 aromatic rings. The van der Waals surface area contributed by atoms with E-state index >= 15 is 0 Å². The summed E-state index contributed by atoms with van der Waals surface area (Å²) in [5, 5.41) is 7.38. The summed E-state index contributed by atoms with van der Waals surface area (Å²) in [5.74, 6) is 0. The molecule has 0 saturated carbocycles. The van der Waals surface area contributed by atoms with E-state index in [1.165, 1.54) is 64.3 Å². The summed E-state index contributed by atoms with van der Waals surface area (Å²) in [6, 6.07) is 81.2. The van der Waals surface area contributed by atoms with Gasteiger partial charge in [-0.25, -0.2) is 0 Å². The van der Waals surface area contributed by atoms with Crippen LogP contribution in [0.2, 0.25) is 0 Å². The van der Waals surface area contributed by atoms with Gasteiger partial charge in [-0.15, -0.1) is 11.3 Å². The Morgan fingerprint density at radius 3 is 1.61 bits per heavy atom. The molecule has 0 aliphatic carbocycles. The highest BCUT2D eigenvalue weighted by molar-refractivity contribution is 7.25. The van der Waals surface area contributed by atoms with E-state index in [2.05, 4.69) is 217 Å². The first-order valence-corrected chi connectivity index (χ1v) is 21.5. The SMILES string of the molecule is c1cc(-c2cccc3oc4ccccc4c23)cc(N(c2ccc(-c3ccc(-c4ccc5ccccc5c4)cc3)cc2)c2cccc(-c3cccc4sc5ccccc5c34)c2)c1. The maximum atomic E-state index is 6.32. The van der Waals surface area contributed by atoms with E-state index in [0.717, 1.165) is 50.1 Å². The highest BCUT2D eigenvalue weighted by atomic mass is 32.1. The maximum absolute atomic E-state index is 6.32. The van der Waals surface area contributed by atoms with Gasteiger partial charge in [0, 0.05) is 48.0 Å². The zero-order chi connectivity index (χ0) is 40.3. The number of anilines is 3. The Morgan fingerprint density at radius 1 is 0.311 bits per heavy atom. The maximum Gasteiger partial charge on any atom is 0.136 e. The van der Waals surface area contributed by atoms with Crippen LogP contribution < -0.4 is 4.90 Å². The summed E-state index contributed by atoms with van der Waals surface area (Å²) in [4.78, 5) is 2.39. The van der Waals surface area contributed by atoms with Crippen LogP contribution in [0.5, 0.6) is 0 Å². The second-order valence-electron chi connectivity index (χ2n) is 15.7. The van der Waals surface area contributed by atoms with Crippen molar-refractivity contribution >= 4 is 81.3 Å². The van der Waals surface area contributed by atoms with Crippen molar-refractivity contribution in [1.82, 2.24) is 0 Å². The van der Waals surface area contributed by atoms with Crippen LogP contribution in [0.4, 0.5) is 17.1 Å². The van der Waals surface area contributed by atoms with Gasteiger partial charge in [0.25, 0.3) is 0 Å². The summed E-state index contributed by atoms with van der Waals surface area (Å²) < 4.78 is 8.93. The quantitative estimate of drug-likeness (QED) is 0.160. The summed E-state index contributed by atoms with van der Waals surface area (Å²) in [6.07, 6.45) is 0. The predicted octanol–water partition coefficient (Wildman–Crippen LogP) is 17.2. The minimum Gasteiger partial charge on any atom is -0.456 e. The van der Waals surface area contributed by atoms with E-state index in [9.17, 15) is 0 Å². The molecule has 2 heterocycles. The van der Waals surface area contributed by atoms with Crippen LogP contribution in [-0.4, -0.2) is 0 Å². The summed E-state index contributed by atoms with van der Waals surface area (Å²) in [6.45, 7) is 0. The molecule has 0 fully saturated rings. The molecule has 10 aromatic carbocycles. The van der Waals surface area contributed by atoms with Crippen LogP contribution in [0, 0.1) is 0 Å². The number of hydrogen-bond donors (Lipinski definition) is 0. The Kier molecular flexibility index (Phi) is 8.39. The number of rotatable bonds is 7. The van der Waals surface area contributed by atoms with Gasteiger partial charge >= 0.3 is 0 Å². The van der Waals surface area contributed by atoms with Crippen LogP contribution in [0.1, 0.15) is 0 Å². The molecule has 2 nitrogen and oxygen atoms in total. The van der Waals surface area contributed by atoms with Gasteiger partial charge in [-0.1, -0.05) is 158 Å². The molecular formula is C58H37NOS. The molecule has 0 aliphatic rings. The van der Waals surface area contributed by atoms with Crippen molar-refractivity contribution in [3.8, 4) is 44.5 Å². The van der Waals surface area contributed by atoms with Crippen molar-refractivity contribution in [1.29, 1.82) is 0 Å². The van der Waals surface area contributed by atoms with Crippen LogP contribution >= 0.6 is 11.3 Å². The highest BCUT2D eigenvalue weighted by Crippen LogP contribution is 2.44. The van der Waals surface area contributed by atoms with E-state index in [-0.39, 0.29) is 0 Å². The molecule has 3 heteroatoms. The molecule has 0 bridgehead atoms. The molecule has 0 radical (unpaired) electrons. The topological polar surface area (TPSA) is 16.4 Å². The Labute approximate surface area is 357 Å². The molecule has 12 rings (SSSR count). The van der Waals surface area contributed by atoms with Crippen molar-refractivity contribution in [2.24, 2.45) is 0 Å². The molecule has 286 valence electrons. The fourth-order valence-electron chi connectivity index (χ4n) is 9.13. The fourth-order valence-corrected chi connectivity index (χ4v) is 10.3. The Bertz CT molecular complexity index is 3440. The molecule has 0 spiro atoms. The average molecular weight is 796 g/mol. The lowest BCUT2D eigenvalue weighted by atomic mass is 9.97. The normalized spacial score (nSPS) is 11.6. The van der Waals surface area contributed by atoms with Crippen LogP contribution in [-0.2, 0) is 0 Å². The Balaban J connectivity index is 0.966. The number of hydrogen-bond acceptors (Lipinski definition) is 3. The second kappa shape index (κ2) is 14.5. The average Bonchev–Trinajstić information content (AvgIpc) is 3.91. The van der Waals surface area contributed by atoms with Gasteiger partial charge in [0.05, 0.1) is 0 Å². The minimum absolute atomic E-state index is 0.893. The zero-order valence-electron chi connectivity index (χ0n) is 33.1. The summed E-state index contributed by atoms with van der Waals surface area (Å²) in [5.41, 5.74) is 14.5. The minimum atomic E-state index is 0.893. The van der Waals surface area contributed by atoms with Crippen LogP contribution in [0.3, 0.4) is 0 Å². The third-order valence-electron chi connectivity index (χ3n) is 12.1. The van der Waals surface area contributed by atoms with E-state index in [1.54, 1.807) is 0 Å². The van der Waals surface area contributed by atoms with Crippen molar-refractivity contribution < 1.29 is 4.42 Å². The van der Waals surface area contributed by atoms with Gasteiger partial charge in [-0.3, -0.25) is 0 Å². The van der Waals surface area contributed by atoms with Crippen molar-refractivity contribution in [2.75, 3.05) is 4.90 Å². The monoisotopic (exact) mass is 795 g/mol. The molecular weight excluding hydrogens is 759 g/mol. The smallest absolute Gasteiger partial charge is 0.136 e. The lowest BCUT2D eigenvalue weighted by Crippen LogP contribution is -2.10. The molecule has 0 saturated heterocycles. The first-order chi connectivity index (χ1) is 30.2. The number of para-hydroxylation sites is 1. The third-order valence-corrected chi connectivity index (χ3v) is 13.2. The van der Waals surface area contributed by atoms with Gasteiger partial charge in [-0.2, -0.15) is 0 Å². The molecule has 0 amide bonds. The molecule has 0 N–H and O–H groups in total. The molecule has 0 aliphatic heterocycles. The van der Waals surface area contributed by atoms with Crippen LogP contribution in [0.25, 0.3) is 97.4 Å². The second-order valence-corrected chi connectivity index (χ2v) is 16.8. The van der Waals surface area contributed by atoms with E-state index < -0.39 is 0 Å². The molecule has 0 unspecified atom stereocenters. The summed E-state index contributed by atoms with van der Waals surface area (Å²) >= 11 is 1.86. The van der Waals surface area contributed by atoms with E-state index in [0.29, 0.717) is 0 Å². The van der Waals surface area contributed by atoms with E-state index in [1.807, 2.05) is 23.5 Å². The zero-order valence-corrected chi connectivity index (χ0v) is 33.9. The van der Waals surface area contributed by atoms with Crippen molar-refractivity contribution in [2.45, 2.75) is 0 Å². The van der Waals surface area contributed by atoms with Gasteiger partial charge in [0.2, 0.25) is 0 Å². The molecule has 0 atom stereocenters. The first kappa shape index (κ1) is 35.2. The first-order valence-electron chi connectivity index (χ1n) is 20.7. The lowest BCUT2D eigenvalue weighted by molar-refractivity contribution is 0.669. The fraction of sp³-hybridized carbons (Fsp3) is 0. The van der Waals surface area contributed by atoms with Crippen molar-refractivity contribution in [3.63, 3.8) is 0 Å². The van der Waals surface area contributed by atoms with Gasteiger partial charge in [0.15, 0.2) is 0 Å². The number of thiophene rings is 1.